The predicted octanol–water partition coefficient (Wildman–Crippen LogP) is 5.82. The molecule has 0 saturated carbocycles. The number of hydrogen-bond acceptors (Lipinski definition) is 1. The summed E-state index contributed by atoms with van der Waals surface area (Å²) in [6.45, 7) is 4.93. The zero-order valence-corrected chi connectivity index (χ0v) is 16.0. The van der Waals surface area contributed by atoms with E-state index in [-0.39, 0.29) is 0 Å². The molecular weight excluding hydrogens is 370 g/mol. The minimum absolute atomic E-state index is 0.313. The number of alkyl halides is 3. The third-order valence-corrected chi connectivity index (χ3v) is 5.25. The molecule has 3 aromatic rings. The summed E-state index contributed by atoms with van der Waals surface area (Å²) in [6, 6.07) is 12.8. The zero-order chi connectivity index (χ0) is 20.7. The van der Waals surface area contributed by atoms with E-state index in [0.29, 0.717) is 16.8 Å². The second-order valence-electron chi connectivity index (χ2n) is 8.11. The molecule has 0 spiro atoms. The van der Waals surface area contributed by atoms with Crippen molar-refractivity contribution in [3.05, 3.63) is 71.2 Å². The van der Waals surface area contributed by atoms with Crippen molar-refractivity contribution in [3.8, 4) is 0 Å². The first kappa shape index (κ1) is 20.4. The van der Waals surface area contributed by atoms with Crippen LogP contribution in [0.2, 0.25) is 0 Å². The van der Waals surface area contributed by atoms with E-state index in [1.165, 1.54) is 18.2 Å². The molecule has 0 aliphatic rings. The number of H-pyrrole nitrogens is 1. The number of aromatic nitrogens is 1. The molecule has 6 heteroatoms. The highest BCUT2D eigenvalue weighted by atomic mass is 19.4. The van der Waals surface area contributed by atoms with Crippen LogP contribution < -0.4 is 0 Å². The van der Waals surface area contributed by atoms with Crippen LogP contribution in [0.5, 0.6) is 0 Å². The molecule has 0 aliphatic carbocycles. The van der Waals surface area contributed by atoms with Crippen LogP contribution in [0.4, 0.5) is 17.6 Å². The van der Waals surface area contributed by atoms with E-state index in [9.17, 15) is 22.7 Å². The number of aryl methyl sites for hydroxylation is 1. The van der Waals surface area contributed by atoms with Gasteiger partial charge < -0.3 is 10.1 Å². The van der Waals surface area contributed by atoms with Gasteiger partial charge in [0.25, 0.3) is 0 Å². The first-order valence-electron chi connectivity index (χ1n) is 9.04. The Bertz CT molecular complexity index is 957. The van der Waals surface area contributed by atoms with Crippen LogP contribution >= 0.6 is 0 Å². The Morgan fingerprint density at radius 2 is 1.68 bits per heavy atom. The fourth-order valence-electron chi connectivity index (χ4n) is 4.02. The largest absolute Gasteiger partial charge is 0.417 e. The predicted molar refractivity (Wildman–Crippen MR) is 102 cm³/mol. The Balaban J connectivity index is 1.96. The molecule has 0 radical (unpaired) electrons. The van der Waals surface area contributed by atoms with Crippen LogP contribution in [0.1, 0.15) is 37.1 Å². The third-order valence-electron chi connectivity index (χ3n) is 5.25. The molecule has 3 rings (SSSR count). The monoisotopic (exact) mass is 393 g/mol. The number of benzene rings is 2. The van der Waals surface area contributed by atoms with E-state index < -0.39 is 35.9 Å². The van der Waals surface area contributed by atoms with Gasteiger partial charge in [0.05, 0.1) is 0 Å². The van der Waals surface area contributed by atoms with Crippen molar-refractivity contribution >= 4 is 10.9 Å². The Morgan fingerprint density at radius 1 is 1.00 bits per heavy atom. The van der Waals surface area contributed by atoms with E-state index in [2.05, 4.69) is 4.98 Å². The number of rotatable bonds is 5. The van der Waals surface area contributed by atoms with Gasteiger partial charge in [0.1, 0.15) is 5.82 Å². The van der Waals surface area contributed by atoms with Gasteiger partial charge in [-0.25, -0.2) is 4.39 Å². The Kier molecular flexibility index (Phi) is 5.04. The summed E-state index contributed by atoms with van der Waals surface area (Å²) in [4.78, 5) is 2.96. The van der Waals surface area contributed by atoms with E-state index in [1.807, 2.05) is 0 Å². The fraction of sp³-hybridized carbons (Fsp3) is 0.364. The van der Waals surface area contributed by atoms with Gasteiger partial charge in [-0.2, -0.15) is 13.2 Å². The maximum Gasteiger partial charge on any atom is 0.417 e. The van der Waals surface area contributed by atoms with Gasteiger partial charge in [0.15, 0.2) is 5.60 Å². The summed E-state index contributed by atoms with van der Waals surface area (Å²) < 4.78 is 55.2. The van der Waals surface area contributed by atoms with Crippen LogP contribution in [-0.2, 0) is 11.8 Å². The number of halogens is 4. The average molecular weight is 393 g/mol. The molecule has 1 atom stereocenters. The zero-order valence-electron chi connectivity index (χ0n) is 16.0. The van der Waals surface area contributed by atoms with Gasteiger partial charge in [-0.15, -0.1) is 0 Å². The fourth-order valence-corrected chi connectivity index (χ4v) is 4.02. The van der Waals surface area contributed by atoms with Gasteiger partial charge in [0.2, 0.25) is 0 Å². The molecule has 1 aromatic heterocycles. The normalized spacial score (nSPS) is 15.0. The standard InChI is InChI=1S/C22H23F4NO/c1-14-10-16(23)8-9-18(14)20(2,3)13-21(28,22(24,25)26)12-17-11-15-6-4-5-7-19(15)27-17/h4-11,27-28H,12-13H2,1-3H3. The van der Waals surface area contributed by atoms with Gasteiger partial charge in [0, 0.05) is 17.6 Å². The number of hydrogen-bond donors (Lipinski definition) is 2. The Labute approximate surface area is 161 Å². The number of para-hydroxylation sites is 1. The van der Waals surface area contributed by atoms with Gasteiger partial charge in [-0.3, -0.25) is 0 Å². The van der Waals surface area contributed by atoms with Crippen molar-refractivity contribution in [1.82, 2.24) is 4.98 Å². The molecule has 2 N–H and O–H groups in total. The molecule has 1 unspecified atom stereocenters. The second-order valence-corrected chi connectivity index (χ2v) is 8.11. The lowest BCUT2D eigenvalue weighted by atomic mass is 9.72. The van der Waals surface area contributed by atoms with Crippen LogP contribution in [0.3, 0.4) is 0 Å². The van der Waals surface area contributed by atoms with Crippen molar-refractivity contribution in [3.63, 3.8) is 0 Å². The maximum absolute atomic E-state index is 13.9. The van der Waals surface area contributed by atoms with E-state index >= 15 is 0 Å². The van der Waals surface area contributed by atoms with E-state index in [1.54, 1.807) is 51.1 Å². The van der Waals surface area contributed by atoms with Crippen LogP contribution in [-0.4, -0.2) is 21.9 Å². The number of nitrogens with one attached hydrogen (secondary N) is 1. The summed E-state index contributed by atoms with van der Waals surface area (Å²) >= 11 is 0. The molecule has 0 aliphatic heterocycles. The minimum Gasteiger partial charge on any atom is -0.380 e. The van der Waals surface area contributed by atoms with Crippen LogP contribution in [0.25, 0.3) is 10.9 Å². The Hall–Kier alpha value is -2.34. The molecule has 28 heavy (non-hydrogen) atoms. The lowest BCUT2D eigenvalue weighted by Crippen LogP contribution is -2.51. The summed E-state index contributed by atoms with van der Waals surface area (Å²) in [6.07, 6.45) is -5.96. The summed E-state index contributed by atoms with van der Waals surface area (Å²) in [5, 5.41) is 11.5. The van der Waals surface area contributed by atoms with Crippen molar-refractivity contribution in [2.24, 2.45) is 0 Å². The molecular formula is C22H23F4NO. The highest BCUT2D eigenvalue weighted by molar-refractivity contribution is 5.80. The first-order valence-corrected chi connectivity index (χ1v) is 9.04. The SMILES string of the molecule is Cc1cc(F)ccc1C(C)(C)CC(O)(Cc1cc2ccccc2[nH]1)C(F)(F)F. The second kappa shape index (κ2) is 6.92. The molecule has 0 bridgehead atoms. The molecule has 1 heterocycles. The highest BCUT2D eigenvalue weighted by Crippen LogP contribution is 2.43. The van der Waals surface area contributed by atoms with Crippen LogP contribution in [0, 0.1) is 12.7 Å². The summed E-state index contributed by atoms with van der Waals surface area (Å²) in [5.41, 5.74) is -1.79. The highest BCUT2D eigenvalue weighted by Gasteiger charge is 2.56. The van der Waals surface area contributed by atoms with Gasteiger partial charge >= 0.3 is 6.18 Å². The lowest BCUT2D eigenvalue weighted by Gasteiger charge is -2.38. The number of fused-ring (bicyclic) bond motifs is 1. The van der Waals surface area contributed by atoms with Crippen molar-refractivity contribution in [1.29, 1.82) is 0 Å². The van der Waals surface area contributed by atoms with Crippen molar-refractivity contribution in [2.75, 3.05) is 0 Å². The van der Waals surface area contributed by atoms with E-state index in [0.717, 1.165) is 10.9 Å². The molecule has 0 saturated heterocycles. The molecule has 150 valence electrons. The topological polar surface area (TPSA) is 36.0 Å². The van der Waals surface area contributed by atoms with Gasteiger partial charge in [-0.05, 0) is 59.5 Å². The third kappa shape index (κ3) is 3.92. The van der Waals surface area contributed by atoms with Gasteiger partial charge in [-0.1, -0.05) is 38.1 Å². The molecule has 2 aromatic carbocycles. The molecule has 0 amide bonds. The quantitative estimate of drug-likeness (QED) is 0.527. The van der Waals surface area contributed by atoms with Crippen molar-refractivity contribution < 1.29 is 22.7 Å². The minimum atomic E-state index is -4.82. The Morgan fingerprint density at radius 3 is 2.29 bits per heavy atom. The first-order chi connectivity index (χ1) is 12.9. The van der Waals surface area contributed by atoms with E-state index in [4.69, 9.17) is 0 Å². The lowest BCUT2D eigenvalue weighted by molar-refractivity contribution is -0.266. The summed E-state index contributed by atoms with van der Waals surface area (Å²) in [7, 11) is 0. The average Bonchev–Trinajstić information content (AvgIpc) is 2.94. The summed E-state index contributed by atoms with van der Waals surface area (Å²) in [5.74, 6) is -0.443. The smallest absolute Gasteiger partial charge is 0.380 e. The van der Waals surface area contributed by atoms with Crippen molar-refractivity contribution in [2.45, 2.75) is 50.8 Å². The number of aromatic amines is 1. The molecule has 2 nitrogen and oxygen atoms in total. The maximum atomic E-state index is 13.9. The number of aliphatic hydroxyl groups is 1. The molecule has 0 fully saturated rings. The van der Waals surface area contributed by atoms with Crippen LogP contribution in [0.15, 0.2) is 48.5 Å².